The van der Waals surface area contributed by atoms with Crippen LogP contribution < -0.4 is 0 Å². The molecule has 0 aliphatic heterocycles. The molecule has 0 unspecified atom stereocenters. The molecule has 220 valence electrons. The van der Waals surface area contributed by atoms with Crippen molar-refractivity contribution in [3.8, 4) is 0 Å². The van der Waals surface area contributed by atoms with E-state index in [4.69, 9.17) is 18.4 Å². The zero-order valence-electron chi connectivity index (χ0n) is 23.1. The molecule has 8 nitrogen and oxygen atoms in total. The SMILES string of the molecule is COOSc1ccc(/C(=C(\c2ccc(SOOC)cc2)c2ccc(S(C)(=O)=O)cc2)c2ccc(S(C)(=O)=O)cc2)cc1. The summed E-state index contributed by atoms with van der Waals surface area (Å²) in [5.74, 6) is 0. The monoisotopic (exact) mass is 644 g/mol. The molecule has 4 aromatic rings. The number of hydrogen-bond donors (Lipinski definition) is 0. The largest absolute Gasteiger partial charge is 0.227 e. The van der Waals surface area contributed by atoms with Gasteiger partial charge in [-0.25, -0.2) is 26.6 Å². The second-order valence-corrected chi connectivity index (χ2v) is 14.6. The average molecular weight is 645 g/mol. The fourth-order valence-electron chi connectivity index (χ4n) is 4.15. The van der Waals surface area contributed by atoms with Crippen molar-refractivity contribution in [2.24, 2.45) is 0 Å². The van der Waals surface area contributed by atoms with Crippen LogP contribution in [0.4, 0.5) is 0 Å². The Kier molecular flexibility index (Phi) is 10.7. The third kappa shape index (κ3) is 8.12. The van der Waals surface area contributed by atoms with E-state index in [1.54, 1.807) is 48.5 Å². The Labute approximate surface area is 254 Å². The molecule has 4 rings (SSSR count). The van der Waals surface area contributed by atoms with E-state index in [-0.39, 0.29) is 9.79 Å². The minimum Gasteiger partial charge on any atom is -0.227 e. The molecule has 0 saturated carbocycles. The van der Waals surface area contributed by atoms with Gasteiger partial charge >= 0.3 is 0 Å². The Hall–Kier alpha value is -2.94. The molecule has 0 aromatic heterocycles. The van der Waals surface area contributed by atoms with Crippen molar-refractivity contribution in [3.05, 3.63) is 119 Å². The highest BCUT2D eigenvalue weighted by Crippen LogP contribution is 2.39. The third-order valence-corrected chi connectivity index (χ3v) is 9.67. The van der Waals surface area contributed by atoms with E-state index in [0.29, 0.717) is 0 Å². The van der Waals surface area contributed by atoms with Crippen LogP contribution in [0, 0.1) is 0 Å². The molecule has 0 aliphatic carbocycles. The first-order valence-electron chi connectivity index (χ1n) is 12.3. The van der Waals surface area contributed by atoms with Crippen LogP contribution in [0.2, 0.25) is 0 Å². The van der Waals surface area contributed by atoms with Gasteiger partial charge in [-0.3, -0.25) is 0 Å². The summed E-state index contributed by atoms with van der Waals surface area (Å²) in [7, 11) is -3.96. The quantitative estimate of drug-likeness (QED) is 0.0719. The van der Waals surface area contributed by atoms with Crippen LogP contribution in [-0.2, 0) is 38.1 Å². The molecule has 0 amide bonds. The van der Waals surface area contributed by atoms with Crippen LogP contribution in [0.1, 0.15) is 22.3 Å². The summed E-state index contributed by atoms with van der Waals surface area (Å²) in [5, 5.41) is 0. The van der Waals surface area contributed by atoms with Gasteiger partial charge in [-0.05, 0) is 81.9 Å². The fourth-order valence-corrected chi connectivity index (χ4v) is 6.20. The van der Waals surface area contributed by atoms with Gasteiger partial charge in [-0.1, -0.05) is 48.5 Å². The minimum atomic E-state index is -3.41. The second kappa shape index (κ2) is 14.0. The first kappa shape index (κ1) is 32.0. The Morgan fingerprint density at radius 3 is 0.976 bits per heavy atom. The summed E-state index contributed by atoms with van der Waals surface area (Å²) in [4.78, 5) is 11.4. The highest BCUT2D eigenvalue weighted by molar-refractivity contribution is 7.94. The standard InChI is InChI=1S/C30H28O8S4/c1-35-37-39-25-13-5-21(6-14-25)29(23-9-17-27(18-10-23)41(3,31)32)30(22-7-15-26(16-8-22)40-38-36-2)24-11-19-28(20-12-24)42(4,33)34/h5-20H,1-4H3/b30-29-. The molecular weight excluding hydrogens is 617 g/mol. The lowest BCUT2D eigenvalue weighted by molar-refractivity contribution is -0.160. The van der Waals surface area contributed by atoms with Crippen LogP contribution in [0.5, 0.6) is 0 Å². The molecule has 0 spiro atoms. The van der Waals surface area contributed by atoms with Gasteiger partial charge < -0.3 is 0 Å². The lowest BCUT2D eigenvalue weighted by atomic mass is 9.86. The number of rotatable bonds is 12. The molecule has 0 bridgehead atoms. The Bertz CT molecular complexity index is 1610. The van der Waals surface area contributed by atoms with Gasteiger partial charge in [0.25, 0.3) is 0 Å². The maximum Gasteiger partial charge on any atom is 0.175 e. The van der Waals surface area contributed by atoms with Gasteiger partial charge in [0.1, 0.15) is 0 Å². The summed E-state index contributed by atoms with van der Waals surface area (Å²) >= 11 is 2.14. The summed E-state index contributed by atoms with van der Waals surface area (Å²) in [5.41, 5.74) is 4.82. The smallest absolute Gasteiger partial charge is 0.175 e. The zero-order chi connectivity index (χ0) is 30.3. The van der Waals surface area contributed by atoms with Crippen LogP contribution >= 0.6 is 24.1 Å². The van der Waals surface area contributed by atoms with E-state index in [2.05, 4.69) is 0 Å². The molecular formula is C30H28O8S4. The predicted octanol–water partition coefficient (Wildman–Crippen LogP) is 6.67. The van der Waals surface area contributed by atoms with Crippen molar-refractivity contribution in [2.75, 3.05) is 26.7 Å². The van der Waals surface area contributed by atoms with Gasteiger partial charge in [-0.15, -0.1) is 0 Å². The lowest BCUT2D eigenvalue weighted by Crippen LogP contribution is -2.01. The van der Waals surface area contributed by atoms with Gasteiger partial charge in [0, 0.05) is 22.3 Å². The van der Waals surface area contributed by atoms with Crippen molar-refractivity contribution in [1.82, 2.24) is 0 Å². The molecule has 0 heterocycles. The van der Waals surface area contributed by atoms with Crippen LogP contribution in [0.15, 0.2) is 117 Å². The Morgan fingerprint density at radius 1 is 0.476 bits per heavy atom. The van der Waals surface area contributed by atoms with E-state index in [0.717, 1.165) is 67.3 Å². The molecule has 0 N–H and O–H groups in total. The topological polar surface area (TPSA) is 105 Å². The van der Waals surface area contributed by atoms with Gasteiger partial charge in [-0.2, -0.15) is 8.67 Å². The van der Waals surface area contributed by atoms with Gasteiger partial charge in [0.15, 0.2) is 19.7 Å². The van der Waals surface area contributed by atoms with E-state index in [1.165, 1.54) is 26.7 Å². The lowest BCUT2D eigenvalue weighted by Gasteiger charge is -2.19. The van der Waals surface area contributed by atoms with Crippen molar-refractivity contribution < 1.29 is 35.3 Å². The predicted molar refractivity (Wildman–Crippen MR) is 165 cm³/mol. The average Bonchev–Trinajstić information content (AvgIpc) is 2.98. The van der Waals surface area contributed by atoms with E-state index in [1.807, 2.05) is 48.5 Å². The maximum absolute atomic E-state index is 12.2. The fraction of sp³-hybridized carbons (Fsp3) is 0.133. The van der Waals surface area contributed by atoms with Gasteiger partial charge in [0.2, 0.25) is 0 Å². The Balaban J connectivity index is 2.00. The van der Waals surface area contributed by atoms with Gasteiger partial charge in [0.05, 0.1) is 48.1 Å². The molecule has 0 atom stereocenters. The Morgan fingerprint density at radius 2 is 0.738 bits per heavy atom. The first-order chi connectivity index (χ1) is 20.0. The van der Waals surface area contributed by atoms with E-state index >= 15 is 0 Å². The second-order valence-electron chi connectivity index (χ2n) is 9.03. The highest BCUT2D eigenvalue weighted by Gasteiger charge is 2.19. The van der Waals surface area contributed by atoms with Crippen molar-refractivity contribution in [1.29, 1.82) is 0 Å². The minimum absolute atomic E-state index is 0.202. The summed E-state index contributed by atoms with van der Waals surface area (Å²) in [6.07, 6.45) is 2.33. The first-order valence-corrected chi connectivity index (χ1v) is 17.6. The molecule has 42 heavy (non-hydrogen) atoms. The number of benzene rings is 4. The van der Waals surface area contributed by atoms with Crippen LogP contribution in [0.3, 0.4) is 0 Å². The highest BCUT2D eigenvalue weighted by atomic mass is 32.2. The summed E-state index contributed by atoms with van der Waals surface area (Å²) in [6.45, 7) is 0. The van der Waals surface area contributed by atoms with Crippen molar-refractivity contribution in [3.63, 3.8) is 0 Å². The van der Waals surface area contributed by atoms with Crippen LogP contribution in [-0.4, -0.2) is 43.6 Å². The molecule has 0 radical (unpaired) electrons. The molecule has 12 heteroatoms. The number of hydrogen-bond acceptors (Lipinski definition) is 10. The van der Waals surface area contributed by atoms with E-state index < -0.39 is 19.7 Å². The molecule has 0 aliphatic rings. The molecule has 0 fully saturated rings. The maximum atomic E-state index is 12.2. The van der Waals surface area contributed by atoms with Crippen molar-refractivity contribution in [2.45, 2.75) is 19.6 Å². The zero-order valence-corrected chi connectivity index (χ0v) is 26.4. The normalized spacial score (nSPS) is 12.7. The molecule has 4 aromatic carbocycles. The summed E-state index contributed by atoms with van der Waals surface area (Å²) in [6, 6.07) is 28.7. The van der Waals surface area contributed by atoms with Crippen molar-refractivity contribution >= 4 is 54.9 Å². The van der Waals surface area contributed by atoms with Crippen LogP contribution in [0.25, 0.3) is 11.1 Å². The third-order valence-electron chi connectivity index (χ3n) is 6.07. The molecule has 0 saturated heterocycles. The van der Waals surface area contributed by atoms with E-state index in [9.17, 15) is 16.8 Å². The summed E-state index contributed by atoms with van der Waals surface area (Å²) < 4.78 is 58.8. The number of sulfone groups is 2.